The normalized spacial score (nSPS) is 10.4. The lowest BCUT2D eigenvalue weighted by molar-refractivity contribution is -0.610. The summed E-state index contributed by atoms with van der Waals surface area (Å²) in [5.74, 6) is 1.66. The van der Waals surface area contributed by atoms with Gasteiger partial charge in [-0.05, 0) is 72.9 Å². The minimum atomic E-state index is -0.389. The SMILES string of the molecule is CCOc1ccc(Nc2nc(-c3ccc(C)cc3)[n+](Cc3ccc([N+](=O)[O-])cc3)s2)cc1.[Br-]. The number of aromatic nitrogens is 2. The number of non-ortho nitro benzene ring substituents is 1. The highest BCUT2D eigenvalue weighted by Crippen LogP contribution is 2.25. The lowest BCUT2D eigenvalue weighted by atomic mass is 10.1. The van der Waals surface area contributed by atoms with Crippen molar-refractivity contribution in [2.75, 3.05) is 11.9 Å². The van der Waals surface area contributed by atoms with E-state index in [2.05, 4.69) is 40.5 Å². The highest BCUT2D eigenvalue weighted by molar-refractivity contribution is 7.06. The fourth-order valence-corrected chi connectivity index (χ4v) is 4.15. The fraction of sp³-hybridized carbons (Fsp3) is 0.167. The quantitative estimate of drug-likeness (QED) is 0.217. The Morgan fingerprint density at radius 3 is 2.30 bits per heavy atom. The number of nitro benzene ring substituents is 1. The third-order valence-corrected chi connectivity index (χ3v) is 5.73. The first-order valence-electron chi connectivity index (χ1n) is 10.2. The van der Waals surface area contributed by atoms with Gasteiger partial charge >= 0.3 is 11.0 Å². The second kappa shape index (κ2) is 11.0. The molecule has 0 unspecified atom stereocenters. The average Bonchev–Trinajstić information content (AvgIpc) is 3.18. The van der Waals surface area contributed by atoms with Crippen molar-refractivity contribution in [3.63, 3.8) is 0 Å². The molecule has 0 atom stereocenters. The summed E-state index contributed by atoms with van der Waals surface area (Å²) >= 11 is 1.50. The molecule has 1 aromatic heterocycles. The number of anilines is 2. The molecule has 1 N–H and O–H groups in total. The molecule has 0 aliphatic rings. The van der Waals surface area contributed by atoms with Gasteiger partial charge in [-0.3, -0.25) is 10.1 Å². The van der Waals surface area contributed by atoms with Gasteiger partial charge in [0.15, 0.2) is 0 Å². The van der Waals surface area contributed by atoms with Crippen LogP contribution in [0.15, 0.2) is 72.8 Å². The second-order valence-corrected chi connectivity index (χ2v) is 8.25. The Labute approximate surface area is 206 Å². The molecule has 3 aromatic carbocycles. The van der Waals surface area contributed by atoms with Gasteiger partial charge in [0.2, 0.25) is 0 Å². The minimum absolute atomic E-state index is 0. The molecule has 7 nitrogen and oxygen atoms in total. The summed E-state index contributed by atoms with van der Waals surface area (Å²) in [6.07, 6.45) is 0. The lowest BCUT2D eigenvalue weighted by Gasteiger charge is -2.03. The molecule has 4 rings (SSSR count). The zero-order valence-electron chi connectivity index (χ0n) is 18.2. The first-order valence-corrected chi connectivity index (χ1v) is 11.0. The maximum Gasteiger partial charge on any atom is 0.345 e. The molecule has 4 aromatic rings. The maximum absolute atomic E-state index is 10.9. The summed E-state index contributed by atoms with van der Waals surface area (Å²) in [5, 5.41) is 15.1. The van der Waals surface area contributed by atoms with Crippen molar-refractivity contribution in [3.8, 4) is 17.1 Å². The van der Waals surface area contributed by atoms with Crippen LogP contribution in [0.5, 0.6) is 5.75 Å². The van der Waals surface area contributed by atoms with Crippen LogP contribution in [0.1, 0.15) is 18.1 Å². The molecule has 1 heterocycles. The van der Waals surface area contributed by atoms with Gasteiger partial charge < -0.3 is 27.0 Å². The smallest absolute Gasteiger partial charge is 0.345 e. The lowest BCUT2D eigenvalue weighted by Crippen LogP contribution is -3.00. The third kappa shape index (κ3) is 6.15. The Bertz CT molecular complexity index is 1210. The summed E-state index contributed by atoms with van der Waals surface area (Å²) in [6, 6.07) is 22.6. The topological polar surface area (TPSA) is 81.2 Å². The van der Waals surface area contributed by atoms with Crippen LogP contribution in [0, 0.1) is 17.0 Å². The van der Waals surface area contributed by atoms with Crippen molar-refractivity contribution in [1.29, 1.82) is 0 Å². The van der Waals surface area contributed by atoms with E-state index in [1.165, 1.54) is 29.2 Å². The van der Waals surface area contributed by atoms with Crippen LogP contribution in [-0.2, 0) is 6.54 Å². The molecule has 0 bridgehead atoms. The summed E-state index contributed by atoms with van der Waals surface area (Å²) in [4.78, 5) is 15.4. The zero-order valence-corrected chi connectivity index (χ0v) is 20.6. The monoisotopic (exact) mass is 526 g/mol. The van der Waals surface area contributed by atoms with Crippen molar-refractivity contribution in [3.05, 3.63) is 94.0 Å². The van der Waals surface area contributed by atoms with Gasteiger partial charge in [0.1, 0.15) is 23.8 Å². The molecule has 0 fully saturated rings. The predicted octanol–water partition coefficient (Wildman–Crippen LogP) is 2.51. The van der Waals surface area contributed by atoms with Gasteiger partial charge in [0.25, 0.3) is 5.69 Å². The van der Waals surface area contributed by atoms with Gasteiger partial charge in [-0.25, -0.2) is 0 Å². The van der Waals surface area contributed by atoms with Crippen LogP contribution in [0.2, 0.25) is 0 Å². The van der Waals surface area contributed by atoms with E-state index in [1.807, 2.05) is 31.2 Å². The van der Waals surface area contributed by atoms with Crippen LogP contribution >= 0.6 is 11.5 Å². The summed E-state index contributed by atoms with van der Waals surface area (Å²) in [5.41, 5.74) is 4.15. The van der Waals surface area contributed by atoms with Crippen LogP contribution in [-0.4, -0.2) is 16.5 Å². The molecule has 9 heteroatoms. The van der Waals surface area contributed by atoms with Crippen molar-refractivity contribution in [2.45, 2.75) is 20.4 Å². The molecule has 0 amide bonds. The van der Waals surface area contributed by atoms with Crippen molar-refractivity contribution in [2.24, 2.45) is 0 Å². The maximum atomic E-state index is 10.9. The van der Waals surface area contributed by atoms with Crippen molar-refractivity contribution in [1.82, 2.24) is 4.98 Å². The Morgan fingerprint density at radius 1 is 1.03 bits per heavy atom. The Hall–Kier alpha value is -3.30. The number of hydrogen-bond acceptors (Lipinski definition) is 6. The predicted molar refractivity (Wildman–Crippen MR) is 126 cm³/mol. The number of benzene rings is 3. The van der Waals surface area contributed by atoms with E-state index < -0.39 is 0 Å². The van der Waals surface area contributed by atoms with Crippen LogP contribution < -0.4 is 31.0 Å². The van der Waals surface area contributed by atoms with Gasteiger partial charge in [-0.2, -0.15) is 3.96 Å². The van der Waals surface area contributed by atoms with Crippen molar-refractivity contribution < 1.29 is 30.6 Å². The molecule has 0 spiro atoms. The fourth-order valence-electron chi connectivity index (χ4n) is 3.20. The Balaban J connectivity index is 0.00000306. The molecule has 0 aliphatic heterocycles. The van der Waals surface area contributed by atoms with E-state index in [9.17, 15) is 10.1 Å². The highest BCUT2D eigenvalue weighted by Gasteiger charge is 2.23. The Kier molecular flexibility index (Phi) is 8.13. The largest absolute Gasteiger partial charge is 1.00 e. The van der Waals surface area contributed by atoms with E-state index in [0.29, 0.717) is 13.2 Å². The number of rotatable bonds is 8. The van der Waals surface area contributed by atoms with E-state index >= 15 is 0 Å². The minimum Gasteiger partial charge on any atom is -1.00 e. The first-order chi connectivity index (χ1) is 15.5. The average molecular weight is 527 g/mol. The van der Waals surface area contributed by atoms with Crippen molar-refractivity contribution >= 4 is 28.0 Å². The molecule has 0 radical (unpaired) electrons. The number of nitro groups is 1. The standard InChI is InChI=1S/C24H22N4O3S.BrH/c1-3-31-22-14-10-20(11-15-22)25-24-26-23(19-8-4-17(2)5-9-19)27(32-24)16-18-6-12-21(13-7-18)28(29)30;/h4-15H,3,16H2,1-2H3;1H. The molecule has 0 saturated heterocycles. The molecule has 170 valence electrons. The summed E-state index contributed by atoms with van der Waals surface area (Å²) in [6.45, 7) is 5.19. The molecular formula is C24H23BrN4O3S. The van der Waals surface area contributed by atoms with E-state index in [1.54, 1.807) is 12.1 Å². The number of hydrogen-bond donors (Lipinski definition) is 1. The van der Waals surface area contributed by atoms with Crippen LogP contribution in [0.4, 0.5) is 16.5 Å². The summed E-state index contributed by atoms with van der Waals surface area (Å²) < 4.78 is 7.59. The van der Waals surface area contributed by atoms with Gasteiger partial charge in [-0.15, -0.1) is 0 Å². The van der Waals surface area contributed by atoms with E-state index in [4.69, 9.17) is 9.72 Å². The van der Waals surface area contributed by atoms with E-state index in [0.717, 1.165) is 33.5 Å². The number of nitrogens with zero attached hydrogens (tertiary/aromatic N) is 3. The van der Waals surface area contributed by atoms with Crippen LogP contribution in [0.3, 0.4) is 0 Å². The molecule has 0 aliphatic carbocycles. The first kappa shape index (κ1) is 24.3. The zero-order chi connectivity index (χ0) is 22.5. The third-order valence-electron chi connectivity index (χ3n) is 4.84. The second-order valence-electron chi connectivity index (χ2n) is 7.24. The van der Waals surface area contributed by atoms with Gasteiger partial charge in [0.05, 0.1) is 17.1 Å². The molecule has 0 saturated carbocycles. The number of aryl methyl sites for hydroxylation is 1. The van der Waals surface area contributed by atoms with Gasteiger partial charge in [-0.1, -0.05) is 17.7 Å². The molecular weight excluding hydrogens is 504 g/mol. The van der Waals surface area contributed by atoms with E-state index in [-0.39, 0.29) is 27.6 Å². The summed E-state index contributed by atoms with van der Waals surface area (Å²) in [7, 11) is 0. The number of ether oxygens (including phenoxy) is 1. The number of halogens is 1. The van der Waals surface area contributed by atoms with Gasteiger partial charge in [0, 0.05) is 17.8 Å². The van der Waals surface area contributed by atoms with Crippen LogP contribution in [0.25, 0.3) is 11.4 Å². The Morgan fingerprint density at radius 2 is 1.70 bits per heavy atom. The highest BCUT2D eigenvalue weighted by atomic mass is 79.9. The molecule has 33 heavy (non-hydrogen) atoms. The number of nitrogens with one attached hydrogen (secondary N) is 1.